The van der Waals surface area contributed by atoms with Gasteiger partial charge in [-0.15, -0.1) is 11.6 Å². The first-order valence-electron chi connectivity index (χ1n) is 9.36. The molecule has 2 heterocycles. The number of nitrogens with zero attached hydrogens (tertiary/aromatic N) is 3. The van der Waals surface area contributed by atoms with Gasteiger partial charge in [0.2, 0.25) is 0 Å². The zero-order valence-corrected chi connectivity index (χ0v) is 17.3. The van der Waals surface area contributed by atoms with E-state index in [1.54, 1.807) is 11.3 Å². The van der Waals surface area contributed by atoms with Gasteiger partial charge in [0.05, 0.1) is 5.56 Å². The highest BCUT2D eigenvalue weighted by Crippen LogP contribution is 2.40. The second kappa shape index (κ2) is 8.79. The first kappa shape index (κ1) is 22.3. The molecular formula is C19H22Cl2F3N3O2. The van der Waals surface area contributed by atoms with Crippen LogP contribution in [0.15, 0.2) is 29.4 Å². The SMILES string of the molecule is CC1ON=C(c2ccccc2C(F)(F)F)C1(C=O)N1CCN(Cl)CC1CCCCl. The Kier molecular flexibility index (Phi) is 6.77. The topological polar surface area (TPSA) is 45.1 Å². The molecule has 2 aliphatic rings. The summed E-state index contributed by atoms with van der Waals surface area (Å²) in [5, 5.41) is 3.97. The third-order valence-corrected chi connectivity index (χ3v) is 6.12. The van der Waals surface area contributed by atoms with Crippen molar-refractivity contribution in [1.82, 2.24) is 9.32 Å². The average molecular weight is 452 g/mol. The van der Waals surface area contributed by atoms with Gasteiger partial charge in [0.25, 0.3) is 0 Å². The lowest BCUT2D eigenvalue weighted by molar-refractivity contribution is -0.138. The third-order valence-electron chi connectivity index (χ3n) is 5.55. The van der Waals surface area contributed by atoms with Crippen molar-refractivity contribution in [3.05, 3.63) is 35.4 Å². The Balaban J connectivity index is 2.09. The largest absolute Gasteiger partial charge is 0.417 e. The zero-order valence-electron chi connectivity index (χ0n) is 15.8. The first-order chi connectivity index (χ1) is 13.8. The van der Waals surface area contributed by atoms with Gasteiger partial charge in [0.1, 0.15) is 5.71 Å². The summed E-state index contributed by atoms with van der Waals surface area (Å²) in [6.07, 6.45) is -3.36. The molecule has 0 aromatic heterocycles. The zero-order chi connectivity index (χ0) is 21.2. The Bertz CT molecular complexity index is 777. The third kappa shape index (κ3) is 4.13. The van der Waals surface area contributed by atoms with Gasteiger partial charge in [0, 0.05) is 37.1 Å². The summed E-state index contributed by atoms with van der Waals surface area (Å²) in [5.41, 5.74) is -2.47. The summed E-state index contributed by atoms with van der Waals surface area (Å²) in [7, 11) is 0. The van der Waals surface area contributed by atoms with E-state index in [1.165, 1.54) is 18.2 Å². The number of hydrogen-bond donors (Lipinski definition) is 0. The summed E-state index contributed by atoms with van der Waals surface area (Å²) in [4.78, 5) is 19.8. The van der Waals surface area contributed by atoms with Crippen molar-refractivity contribution in [3.8, 4) is 0 Å². The van der Waals surface area contributed by atoms with Gasteiger partial charge in [-0.3, -0.25) is 4.90 Å². The number of aldehydes is 1. The van der Waals surface area contributed by atoms with Crippen LogP contribution in [0.2, 0.25) is 0 Å². The number of oxime groups is 1. The van der Waals surface area contributed by atoms with Crippen molar-refractivity contribution in [3.63, 3.8) is 0 Å². The maximum absolute atomic E-state index is 13.7. The second-order valence-corrected chi connectivity index (χ2v) is 8.08. The minimum atomic E-state index is -4.59. The Labute approximate surface area is 177 Å². The number of carbonyl (C=O) groups excluding carboxylic acids is 1. The number of halogens is 5. The monoisotopic (exact) mass is 451 g/mol. The number of piperazine rings is 1. The Morgan fingerprint density at radius 1 is 1.34 bits per heavy atom. The molecule has 1 aromatic rings. The van der Waals surface area contributed by atoms with E-state index >= 15 is 0 Å². The standard InChI is InChI=1S/C19H22Cl2F3N3O2/c1-13-18(12-28,27-10-9-26(21)11-14(27)5-4-8-20)17(25-29-13)15-6-2-3-7-16(15)19(22,23)24/h2-3,6-7,12-14H,4-5,8-11H2,1H3. The number of hydrogen-bond acceptors (Lipinski definition) is 5. The van der Waals surface area contributed by atoms with Crippen LogP contribution in [0.3, 0.4) is 0 Å². The quantitative estimate of drug-likeness (QED) is 0.373. The lowest BCUT2D eigenvalue weighted by atomic mass is 9.80. The van der Waals surface area contributed by atoms with E-state index in [0.717, 1.165) is 6.07 Å². The van der Waals surface area contributed by atoms with E-state index in [4.69, 9.17) is 28.2 Å². The molecule has 0 bridgehead atoms. The maximum Gasteiger partial charge on any atom is 0.417 e. The molecule has 0 aliphatic carbocycles. The molecule has 0 spiro atoms. The lowest BCUT2D eigenvalue weighted by Crippen LogP contribution is -2.68. The molecule has 1 aromatic carbocycles. The molecule has 10 heteroatoms. The molecule has 0 saturated carbocycles. The van der Waals surface area contributed by atoms with E-state index in [0.29, 0.717) is 44.6 Å². The molecular weight excluding hydrogens is 430 g/mol. The lowest BCUT2D eigenvalue weighted by Gasteiger charge is -2.48. The van der Waals surface area contributed by atoms with Crippen LogP contribution in [0.5, 0.6) is 0 Å². The average Bonchev–Trinajstić information content (AvgIpc) is 3.02. The summed E-state index contributed by atoms with van der Waals surface area (Å²) in [6.45, 7) is 2.94. The molecule has 0 N–H and O–H groups in total. The van der Waals surface area contributed by atoms with Crippen LogP contribution in [0.4, 0.5) is 13.2 Å². The fourth-order valence-electron chi connectivity index (χ4n) is 4.13. The number of rotatable bonds is 6. The van der Waals surface area contributed by atoms with Crippen molar-refractivity contribution in [2.45, 2.75) is 43.6 Å². The van der Waals surface area contributed by atoms with E-state index < -0.39 is 23.4 Å². The van der Waals surface area contributed by atoms with Crippen LogP contribution in [0, 0.1) is 0 Å². The molecule has 5 nitrogen and oxygen atoms in total. The number of carbonyl (C=O) groups is 1. The molecule has 2 aliphatic heterocycles. The highest BCUT2D eigenvalue weighted by Gasteiger charge is 2.56. The fraction of sp³-hybridized carbons (Fsp3) is 0.579. The molecule has 1 fully saturated rings. The predicted octanol–water partition coefficient (Wildman–Crippen LogP) is 3.92. The Hall–Kier alpha value is -1.35. The number of alkyl halides is 4. The molecule has 0 amide bonds. The normalized spacial score (nSPS) is 28.8. The van der Waals surface area contributed by atoms with Gasteiger partial charge >= 0.3 is 6.18 Å². The van der Waals surface area contributed by atoms with Gasteiger partial charge in [-0.1, -0.05) is 23.4 Å². The molecule has 0 radical (unpaired) electrons. The smallest absolute Gasteiger partial charge is 0.390 e. The van der Waals surface area contributed by atoms with E-state index in [2.05, 4.69) is 5.16 Å². The van der Waals surface area contributed by atoms with Crippen molar-refractivity contribution in [1.29, 1.82) is 0 Å². The van der Waals surface area contributed by atoms with Crippen LogP contribution in [-0.2, 0) is 15.8 Å². The van der Waals surface area contributed by atoms with Gasteiger partial charge in [0.15, 0.2) is 17.9 Å². The second-order valence-electron chi connectivity index (χ2n) is 7.22. The minimum absolute atomic E-state index is 0.0215. The maximum atomic E-state index is 13.7. The van der Waals surface area contributed by atoms with Gasteiger partial charge in [-0.05, 0) is 37.6 Å². The van der Waals surface area contributed by atoms with E-state index in [9.17, 15) is 18.0 Å². The van der Waals surface area contributed by atoms with E-state index in [1.807, 2.05) is 4.90 Å². The highest BCUT2D eigenvalue weighted by molar-refractivity contribution is 6.18. The minimum Gasteiger partial charge on any atom is -0.390 e. The Morgan fingerprint density at radius 3 is 2.72 bits per heavy atom. The van der Waals surface area contributed by atoms with Gasteiger partial charge in [-0.2, -0.15) is 13.2 Å². The van der Waals surface area contributed by atoms with Crippen molar-refractivity contribution in [2.75, 3.05) is 25.5 Å². The molecule has 160 valence electrons. The summed E-state index contributed by atoms with van der Waals surface area (Å²) in [6, 6.07) is 4.93. The van der Waals surface area contributed by atoms with Crippen LogP contribution >= 0.6 is 23.4 Å². The molecule has 3 rings (SSSR count). The van der Waals surface area contributed by atoms with Gasteiger partial charge < -0.3 is 9.63 Å². The molecule has 3 atom stereocenters. The van der Waals surface area contributed by atoms with Crippen molar-refractivity contribution >= 4 is 35.4 Å². The highest BCUT2D eigenvalue weighted by atomic mass is 35.5. The summed E-state index contributed by atoms with van der Waals surface area (Å²) < 4.78 is 42.6. The van der Waals surface area contributed by atoms with Crippen LogP contribution in [0.25, 0.3) is 0 Å². The predicted molar refractivity (Wildman–Crippen MR) is 105 cm³/mol. The molecule has 29 heavy (non-hydrogen) atoms. The van der Waals surface area contributed by atoms with Crippen molar-refractivity contribution < 1.29 is 22.8 Å². The van der Waals surface area contributed by atoms with Crippen LogP contribution < -0.4 is 0 Å². The first-order valence-corrected chi connectivity index (χ1v) is 10.2. The molecule has 3 unspecified atom stereocenters. The van der Waals surface area contributed by atoms with E-state index in [-0.39, 0.29) is 17.3 Å². The van der Waals surface area contributed by atoms with Crippen molar-refractivity contribution in [2.24, 2.45) is 5.16 Å². The summed E-state index contributed by atoms with van der Waals surface area (Å²) >= 11 is 12.1. The Morgan fingerprint density at radius 2 is 2.07 bits per heavy atom. The summed E-state index contributed by atoms with van der Waals surface area (Å²) in [5.74, 6) is 0.435. The van der Waals surface area contributed by atoms with Crippen LogP contribution in [0.1, 0.15) is 30.9 Å². The molecule has 1 saturated heterocycles. The number of benzene rings is 1. The fourth-order valence-corrected chi connectivity index (χ4v) is 4.52. The van der Waals surface area contributed by atoms with Gasteiger partial charge in [-0.25, -0.2) is 4.42 Å². The van der Waals surface area contributed by atoms with Crippen LogP contribution in [-0.4, -0.2) is 64.5 Å².